The van der Waals surface area contributed by atoms with E-state index in [9.17, 15) is 92.7 Å². The Hall–Kier alpha value is -13.3. The number of amides is 17. The maximum absolute atomic E-state index is 15.8. The van der Waals surface area contributed by atoms with E-state index in [2.05, 4.69) is 69.1 Å². The van der Waals surface area contributed by atoms with Crippen LogP contribution < -0.4 is 80.6 Å². The quantitative estimate of drug-likeness (QED) is 0.0440. The lowest BCUT2D eigenvalue weighted by Gasteiger charge is -2.33. The van der Waals surface area contributed by atoms with Gasteiger partial charge in [-0.2, -0.15) is 11.8 Å². The molecule has 0 saturated carbocycles. The van der Waals surface area contributed by atoms with E-state index in [4.69, 9.17) is 30.4 Å². The molecule has 22 N–H and O–H groups in total. The van der Waals surface area contributed by atoms with Gasteiger partial charge in [-0.05, 0) is 64.8 Å². The highest BCUT2D eigenvalue weighted by molar-refractivity contribution is 8.00. The van der Waals surface area contributed by atoms with Gasteiger partial charge in [-0.25, -0.2) is 0 Å². The Labute approximate surface area is 839 Å². The van der Waals surface area contributed by atoms with Gasteiger partial charge in [0.25, 0.3) is 0 Å². The minimum absolute atomic E-state index is 0.0174. The van der Waals surface area contributed by atoms with Crippen LogP contribution in [0.1, 0.15) is 89.8 Å². The summed E-state index contributed by atoms with van der Waals surface area (Å²) in [6, 6.07) is -0.450. The molecule has 5 heterocycles. The van der Waals surface area contributed by atoms with Gasteiger partial charge in [-0.1, -0.05) is 113 Å². The molecule has 17 atom stereocenters. The molecule has 48 nitrogen and oxygen atoms in total. The van der Waals surface area contributed by atoms with E-state index in [0.29, 0.717) is 21.9 Å². The van der Waals surface area contributed by atoms with Gasteiger partial charge < -0.3 is 134 Å². The van der Waals surface area contributed by atoms with Gasteiger partial charge in [-0.15, -0.1) is 23.5 Å². The van der Waals surface area contributed by atoms with Gasteiger partial charge >= 0.3 is 23.9 Å². The first-order chi connectivity index (χ1) is 68.4. The van der Waals surface area contributed by atoms with E-state index in [0.717, 1.165) is 35.3 Å². The number of hydrogen-bond donors (Lipinski definition) is 20. The number of nitrogens with zero attached hydrogens (tertiary/aromatic N) is 3. The van der Waals surface area contributed by atoms with Crippen LogP contribution in [-0.4, -0.2) is 369 Å². The average molecular weight is 2070 g/mol. The SMILES string of the molecule is C[C@H]1CSCC(=O)N2CCOCCN3CCOCCN(CCOCC2)C(=O)CSC[C@@H]2NC(=O)[C@H](NC(=O)[C@H](Cc4cccc5ccccc45)NC(=O)[C@H](CCC(=O)O)NC(=O)[C@H](CC(N)=O)NC(=O)[C@@H](C)NC1=O)C(C(=O)O)C[C@H](NC1OC12)C(=O)N[C@@H](CC(=O)O)C(=O)N[C@@H](Cc1ccccc1)C(=O)N[C@@H](Cc1ccc(O)cc1)C(=O)NC(CC(=O)O)C(=O)N[C@@H](C(C)(C)C)C(=O)N[C@H](C(N)=O)CSCC3=O. The number of hydrogen-bond acceptors (Lipinski definition) is 30. The lowest BCUT2D eigenvalue weighted by Crippen LogP contribution is -2.63. The summed E-state index contributed by atoms with van der Waals surface area (Å²) in [5.41, 5.74) is 11.0. The molecule has 4 aromatic carbocycles. The number of epoxide rings is 1. The summed E-state index contributed by atoms with van der Waals surface area (Å²) in [6.07, 6.45) is -10.5. The number of carboxylic acids is 4. The molecule has 4 aromatic rings. The van der Waals surface area contributed by atoms with Crippen LogP contribution in [0.3, 0.4) is 0 Å². The maximum atomic E-state index is 15.8. The van der Waals surface area contributed by atoms with Crippen molar-refractivity contribution in [3.63, 3.8) is 0 Å². The van der Waals surface area contributed by atoms with Gasteiger partial charge in [0.2, 0.25) is 100 Å². The monoisotopic (exact) mass is 2070 g/mol. The van der Waals surface area contributed by atoms with Crippen molar-refractivity contribution in [3.8, 4) is 5.75 Å². The summed E-state index contributed by atoms with van der Waals surface area (Å²) in [4.78, 5) is 306. The molecule has 0 spiro atoms. The lowest BCUT2D eigenvalue weighted by atomic mass is 9.85. The van der Waals surface area contributed by atoms with Crippen molar-refractivity contribution in [1.29, 1.82) is 0 Å². The number of rotatable bonds is 17. The number of carbonyl (C=O) groups excluding carboxylic acids is 17. The summed E-state index contributed by atoms with van der Waals surface area (Å²) in [5, 5.41) is 86.4. The molecule has 144 heavy (non-hydrogen) atoms. The molecule has 5 fully saturated rings. The number of thioether (sulfide) groups is 3. The smallest absolute Gasteiger partial charge is 0.309 e. The molecular weight excluding hydrogens is 1950 g/mol. The van der Waals surface area contributed by atoms with E-state index in [1.165, 1.54) is 85.7 Å². The van der Waals surface area contributed by atoms with Crippen LogP contribution >= 0.6 is 35.3 Å². The van der Waals surface area contributed by atoms with E-state index in [-0.39, 0.29) is 119 Å². The number of fused-ring (bicyclic) bond motifs is 17. The number of aromatic hydroxyl groups is 1. The normalized spacial score (nSPS) is 27.0. The number of primary amides is 2. The molecule has 5 aliphatic heterocycles. The molecule has 6 bridgehead atoms. The van der Waals surface area contributed by atoms with Crippen LogP contribution in [0.2, 0.25) is 0 Å². The van der Waals surface area contributed by atoms with Crippen LogP contribution in [0.4, 0.5) is 0 Å². The highest BCUT2D eigenvalue weighted by atomic mass is 32.2. The summed E-state index contributed by atoms with van der Waals surface area (Å²) in [5.74, 6) is -30.9. The summed E-state index contributed by atoms with van der Waals surface area (Å²) < 4.78 is 24.3. The molecule has 0 aromatic heterocycles. The third-order valence-electron chi connectivity index (χ3n) is 23.9. The average Bonchev–Trinajstić information content (AvgIpc) is 1.63. The standard InChI is InChI=1S/C93H124N18O30S3/c1-49-43-142-46-69(114)109-24-30-138-32-26-110-27-33-140-35-29-111(28-34-139-31-25-109)71(116)48-144-45-67(78(95)123)105-90(135)77(93(3,4)5)108-88(133)65(42-74(121)122)103-83(128)60(37-52-18-20-55(112)21-19-52)99-82(127)59(36-51-12-7-6-8-13-51)100-86(131)64(41-73(119)120)102-84(129)62-39-57(92(136)137)75(89(134)104-66(44-143-47-70(110)115)76-91(106-62)141-76)107-87(132)61(38-54-16-11-15-53-14-9-10-17-56(53)54)101-81(126)58(22-23-72(117)118)97-85(130)63(40-68(94)113)98-80(125)50(2)96-79(49)124/h6-21,49-50,57-67,75-77,91,106,112H,22-48H2,1-5H3,(H2,94,113)(H2,95,123)(H,96,124)(H,97,130)(H,98,125)(H,99,127)(H,100,131)(H,101,126)(H,102,129)(H,103,128)(H,104,134)(H,105,135)(H,107,132)(H,108,133)(H,117,118)(H,119,120)(H,121,122)(H,136,137)/t49-,50+,57?,58-,59-,60-,61-,62-,63-,64-,65?,66-,67-,75+,76?,77+,91?/m0/s1. The van der Waals surface area contributed by atoms with Gasteiger partial charge in [0.05, 0.1) is 94.2 Å². The minimum atomic E-state index is -2.40. The summed E-state index contributed by atoms with van der Waals surface area (Å²) >= 11 is 2.80. The van der Waals surface area contributed by atoms with Crippen LogP contribution in [0.5, 0.6) is 5.75 Å². The summed E-state index contributed by atoms with van der Waals surface area (Å²) in [7, 11) is 0. The molecule has 51 heteroatoms. The first-order valence-electron chi connectivity index (χ1n) is 46.5. The number of phenolic OH excluding ortho intramolecular Hbond substituents is 1. The highest BCUT2D eigenvalue weighted by Gasteiger charge is 2.52. The van der Waals surface area contributed by atoms with Crippen LogP contribution in [0.25, 0.3) is 10.8 Å². The fourth-order valence-corrected chi connectivity index (χ4v) is 18.8. The number of benzene rings is 4. The number of carbonyl (C=O) groups is 21. The van der Waals surface area contributed by atoms with Crippen molar-refractivity contribution < 1.29 is 145 Å². The Bertz CT molecular complexity index is 5290. The number of nitrogens with one attached hydrogen (secondary N) is 13. The Morgan fingerprint density at radius 2 is 0.875 bits per heavy atom. The van der Waals surface area contributed by atoms with Crippen molar-refractivity contribution in [1.82, 2.24) is 83.8 Å². The largest absolute Gasteiger partial charge is 0.508 e. The Morgan fingerprint density at radius 1 is 0.431 bits per heavy atom. The Kier molecular flexibility index (Phi) is 44.0. The first-order valence-corrected chi connectivity index (χ1v) is 50.0. The second-order valence-corrected chi connectivity index (χ2v) is 39.2. The predicted molar refractivity (Wildman–Crippen MR) is 517 cm³/mol. The molecule has 17 amide bonds. The number of carboxylic acid groups (broad SMARTS) is 4. The highest BCUT2D eigenvalue weighted by Crippen LogP contribution is 2.31. The molecule has 5 saturated heterocycles. The van der Waals surface area contributed by atoms with Crippen LogP contribution in [0.15, 0.2) is 97.1 Å². The number of nitrogens with two attached hydrogens (primary N) is 2. The van der Waals surface area contributed by atoms with E-state index >= 15 is 33.6 Å². The fraction of sp³-hybridized carbons (Fsp3) is 0.538. The first kappa shape index (κ1) is 114. The molecular formula is C93H124N18O30S3. The zero-order valence-electron chi connectivity index (χ0n) is 79.8. The van der Waals surface area contributed by atoms with Gasteiger partial charge in [0.1, 0.15) is 84.5 Å². The lowest BCUT2D eigenvalue weighted by molar-refractivity contribution is -0.148. The molecule has 5 aliphatic rings. The molecule has 9 rings (SSSR count). The molecule has 0 radical (unpaired) electrons. The van der Waals surface area contributed by atoms with Crippen molar-refractivity contribution in [2.24, 2.45) is 28.7 Å². The van der Waals surface area contributed by atoms with Gasteiger partial charge in [0, 0.05) is 88.1 Å². The zero-order chi connectivity index (χ0) is 105. The number of phenols is 1. The van der Waals surface area contributed by atoms with Crippen molar-refractivity contribution in [3.05, 3.63) is 114 Å². The van der Waals surface area contributed by atoms with Crippen LogP contribution in [-0.2, 0) is 139 Å². The van der Waals surface area contributed by atoms with Gasteiger partial charge in [0.15, 0.2) is 0 Å². The number of aliphatic carboxylic acids is 4. The van der Waals surface area contributed by atoms with E-state index in [1.54, 1.807) is 60.7 Å². The second kappa shape index (κ2) is 55.5. The van der Waals surface area contributed by atoms with E-state index in [1.807, 2.05) is 0 Å². The van der Waals surface area contributed by atoms with Crippen molar-refractivity contribution in [2.75, 3.05) is 113 Å². The van der Waals surface area contributed by atoms with Crippen LogP contribution in [0, 0.1) is 17.3 Å². The minimum Gasteiger partial charge on any atom is -0.508 e. The Balaban J connectivity index is 1.17. The summed E-state index contributed by atoms with van der Waals surface area (Å²) in [6.45, 7) is 5.68. The molecule has 0 aliphatic carbocycles. The second-order valence-electron chi connectivity index (χ2n) is 36.1. The molecule has 784 valence electrons. The van der Waals surface area contributed by atoms with Crippen molar-refractivity contribution in [2.45, 2.75) is 183 Å². The topological polar surface area (TPSA) is 718 Å². The number of ether oxygens (including phenoxy) is 4. The maximum Gasteiger partial charge on any atom is 0.309 e. The zero-order valence-corrected chi connectivity index (χ0v) is 82.3. The third kappa shape index (κ3) is 36.2. The molecule has 4 unspecified atom stereocenters. The van der Waals surface area contributed by atoms with Gasteiger partial charge in [-0.3, -0.25) is 106 Å². The predicted octanol–water partition coefficient (Wildman–Crippen LogP) is -5.17. The fourth-order valence-electron chi connectivity index (χ4n) is 15.9. The third-order valence-corrected chi connectivity index (χ3v) is 27.2. The van der Waals surface area contributed by atoms with E-state index < -0.39 is 296 Å². The Morgan fingerprint density at radius 3 is 1.39 bits per heavy atom. The van der Waals surface area contributed by atoms with Crippen molar-refractivity contribution >= 4 is 170 Å².